The third-order valence-corrected chi connectivity index (χ3v) is 5.92. The fraction of sp³-hybridized carbons (Fsp3) is 0.417. The molecular formula is C24H31NO3S. The molecule has 0 aromatic heterocycles. The Labute approximate surface area is 178 Å². The summed E-state index contributed by atoms with van der Waals surface area (Å²) in [5.41, 5.74) is 5.13. The zero-order valence-electron chi connectivity index (χ0n) is 18.5. The van der Waals surface area contributed by atoms with Crippen molar-refractivity contribution >= 4 is 23.6 Å². The van der Waals surface area contributed by atoms with Gasteiger partial charge in [0.25, 0.3) is 0 Å². The van der Waals surface area contributed by atoms with Crippen LogP contribution in [0.15, 0.2) is 41.3 Å². The number of ether oxygens (including phenoxy) is 1. The van der Waals surface area contributed by atoms with Gasteiger partial charge in [-0.15, -0.1) is 11.8 Å². The smallest absolute Gasteiger partial charge is 0.339 e. The summed E-state index contributed by atoms with van der Waals surface area (Å²) in [6.45, 7) is 10.9. The molecule has 0 atom stereocenters. The molecule has 5 heteroatoms. The number of aryl methyl sites for hydroxylation is 2. The predicted octanol–water partition coefficient (Wildman–Crippen LogP) is 5.14. The molecule has 1 amide bonds. The molecule has 0 bridgehead atoms. The van der Waals surface area contributed by atoms with E-state index in [4.69, 9.17) is 4.74 Å². The molecule has 0 fully saturated rings. The normalized spacial score (nSPS) is 11.3. The minimum absolute atomic E-state index is 0.00311. The Morgan fingerprint density at radius 2 is 1.62 bits per heavy atom. The molecule has 0 spiro atoms. The number of thioether (sulfide) groups is 1. The van der Waals surface area contributed by atoms with Crippen molar-refractivity contribution < 1.29 is 14.3 Å². The standard InChI is InChI=1S/C24H31NO3S/c1-16-12-18(24(3,4)5)13-17(2)20(16)14-28-23(27)19-10-8-9-11-21(19)29-15-22(26)25(6)7/h8-13H,14-15H2,1-7H3. The Kier molecular flexibility index (Phi) is 7.53. The second kappa shape index (κ2) is 9.49. The summed E-state index contributed by atoms with van der Waals surface area (Å²) in [5, 5.41) is 0. The first-order valence-corrected chi connectivity index (χ1v) is 10.7. The Bertz CT molecular complexity index is 874. The minimum Gasteiger partial charge on any atom is -0.457 e. The maximum Gasteiger partial charge on any atom is 0.339 e. The summed E-state index contributed by atoms with van der Waals surface area (Å²) in [6, 6.07) is 11.6. The van der Waals surface area contributed by atoms with E-state index in [1.165, 1.54) is 17.3 Å². The van der Waals surface area contributed by atoms with Crippen LogP contribution in [-0.4, -0.2) is 36.6 Å². The molecule has 156 valence electrons. The van der Waals surface area contributed by atoms with Crippen LogP contribution in [0.4, 0.5) is 0 Å². The van der Waals surface area contributed by atoms with Crippen LogP contribution < -0.4 is 0 Å². The van der Waals surface area contributed by atoms with Crippen LogP contribution in [0.1, 0.15) is 53.4 Å². The van der Waals surface area contributed by atoms with E-state index in [1.54, 1.807) is 25.1 Å². The van der Waals surface area contributed by atoms with Gasteiger partial charge >= 0.3 is 5.97 Å². The van der Waals surface area contributed by atoms with Crippen LogP contribution in [-0.2, 0) is 21.6 Å². The molecule has 0 unspecified atom stereocenters. The third-order valence-electron chi connectivity index (χ3n) is 4.87. The van der Waals surface area contributed by atoms with Crippen molar-refractivity contribution in [2.24, 2.45) is 0 Å². The number of benzene rings is 2. The fourth-order valence-corrected chi connectivity index (χ4v) is 3.92. The van der Waals surface area contributed by atoms with Crippen molar-refractivity contribution in [3.63, 3.8) is 0 Å². The topological polar surface area (TPSA) is 46.6 Å². The quantitative estimate of drug-likeness (QED) is 0.486. The molecular weight excluding hydrogens is 382 g/mol. The number of esters is 1. The van der Waals surface area contributed by atoms with Crippen LogP contribution in [0.5, 0.6) is 0 Å². The van der Waals surface area contributed by atoms with Gasteiger partial charge in [-0.05, 0) is 53.6 Å². The molecule has 0 N–H and O–H groups in total. The number of carbonyl (C=O) groups is 2. The first-order chi connectivity index (χ1) is 13.5. The summed E-state index contributed by atoms with van der Waals surface area (Å²) < 4.78 is 5.65. The summed E-state index contributed by atoms with van der Waals surface area (Å²) >= 11 is 1.35. The molecule has 0 aliphatic rings. The van der Waals surface area contributed by atoms with Crippen molar-refractivity contribution in [1.29, 1.82) is 0 Å². The molecule has 0 radical (unpaired) electrons. The molecule has 2 aromatic rings. The minimum atomic E-state index is -0.371. The second-order valence-electron chi connectivity index (χ2n) is 8.49. The van der Waals surface area contributed by atoms with E-state index >= 15 is 0 Å². The van der Waals surface area contributed by atoms with Crippen molar-refractivity contribution in [3.05, 3.63) is 64.2 Å². The van der Waals surface area contributed by atoms with E-state index in [2.05, 4.69) is 46.8 Å². The van der Waals surface area contributed by atoms with Gasteiger partial charge in [0.05, 0.1) is 11.3 Å². The van der Waals surface area contributed by atoms with Gasteiger partial charge in [-0.3, -0.25) is 4.79 Å². The van der Waals surface area contributed by atoms with Gasteiger partial charge in [-0.25, -0.2) is 4.79 Å². The number of nitrogens with zero attached hydrogens (tertiary/aromatic N) is 1. The highest BCUT2D eigenvalue weighted by Crippen LogP contribution is 2.28. The molecule has 0 saturated carbocycles. The number of amides is 1. The lowest BCUT2D eigenvalue weighted by atomic mass is 9.84. The van der Waals surface area contributed by atoms with E-state index < -0.39 is 0 Å². The van der Waals surface area contributed by atoms with E-state index in [-0.39, 0.29) is 29.7 Å². The first-order valence-electron chi connectivity index (χ1n) is 9.70. The van der Waals surface area contributed by atoms with Gasteiger partial charge in [0.2, 0.25) is 5.91 Å². The van der Waals surface area contributed by atoms with E-state index in [1.807, 2.05) is 18.2 Å². The predicted molar refractivity (Wildman–Crippen MR) is 120 cm³/mol. The van der Waals surface area contributed by atoms with Crippen LogP contribution in [0.25, 0.3) is 0 Å². The van der Waals surface area contributed by atoms with Gasteiger partial charge in [-0.1, -0.05) is 45.0 Å². The van der Waals surface area contributed by atoms with E-state index in [0.29, 0.717) is 5.56 Å². The Morgan fingerprint density at radius 1 is 1.03 bits per heavy atom. The summed E-state index contributed by atoms with van der Waals surface area (Å²) in [5.74, 6) is -0.0866. The summed E-state index contributed by atoms with van der Waals surface area (Å²) in [7, 11) is 3.44. The number of hydrogen-bond donors (Lipinski definition) is 0. The van der Waals surface area contributed by atoms with Crippen molar-refractivity contribution in [2.75, 3.05) is 19.8 Å². The molecule has 2 rings (SSSR count). The van der Waals surface area contributed by atoms with Crippen LogP contribution in [0.3, 0.4) is 0 Å². The van der Waals surface area contributed by atoms with E-state index in [0.717, 1.165) is 21.6 Å². The Balaban J connectivity index is 2.13. The molecule has 0 aliphatic carbocycles. The summed E-state index contributed by atoms with van der Waals surface area (Å²) in [6.07, 6.45) is 0. The number of rotatable bonds is 6. The third kappa shape index (κ3) is 6.10. The van der Waals surface area contributed by atoms with Crippen molar-refractivity contribution in [2.45, 2.75) is 51.5 Å². The molecule has 0 heterocycles. The van der Waals surface area contributed by atoms with Crippen LogP contribution >= 0.6 is 11.8 Å². The molecule has 29 heavy (non-hydrogen) atoms. The highest BCUT2D eigenvalue weighted by atomic mass is 32.2. The van der Waals surface area contributed by atoms with Gasteiger partial charge in [0, 0.05) is 19.0 Å². The number of hydrogen-bond acceptors (Lipinski definition) is 4. The first kappa shape index (κ1) is 23.0. The highest BCUT2D eigenvalue weighted by molar-refractivity contribution is 8.00. The average Bonchev–Trinajstić information content (AvgIpc) is 2.64. The summed E-state index contributed by atoms with van der Waals surface area (Å²) in [4.78, 5) is 26.9. The molecule has 0 saturated heterocycles. The zero-order chi connectivity index (χ0) is 21.8. The van der Waals surface area contributed by atoms with Gasteiger partial charge < -0.3 is 9.64 Å². The lowest BCUT2D eigenvalue weighted by molar-refractivity contribution is -0.125. The maximum absolute atomic E-state index is 12.7. The molecule has 4 nitrogen and oxygen atoms in total. The van der Waals surface area contributed by atoms with Gasteiger partial charge in [-0.2, -0.15) is 0 Å². The van der Waals surface area contributed by atoms with Crippen molar-refractivity contribution in [1.82, 2.24) is 4.90 Å². The molecule has 2 aromatic carbocycles. The zero-order valence-corrected chi connectivity index (χ0v) is 19.3. The van der Waals surface area contributed by atoms with E-state index in [9.17, 15) is 9.59 Å². The van der Waals surface area contributed by atoms with Gasteiger partial charge in [0.1, 0.15) is 6.61 Å². The SMILES string of the molecule is Cc1cc(C(C)(C)C)cc(C)c1COC(=O)c1ccccc1SCC(=O)N(C)C. The van der Waals surface area contributed by atoms with Crippen LogP contribution in [0, 0.1) is 13.8 Å². The van der Waals surface area contributed by atoms with Crippen LogP contribution in [0.2, 0.25) is 0 Å². The lowest BCUT2D eigenvalue weighted by Crippen LogP contribution is -2.23. The average molecular weight is 414 g/mol. The number of carbonyl (C=O) groups excluding carboxylic acids is 2. The highest BCUT2D eigenvalue weighted by Gasteiger charge is 2.18. The Hall–Kier alpha value is -2.27. The monoisotopic (exact) mass is 413 g/mol. The maximum atomic E-state index is 12.7. The Morgan fingerprint density at radius 3 is 2.17 bits per heavy atom. The lowest BCUT2D eigenvalue weighted by Gasteiger charge is -2.22. The second-order valence-corrected chi connectivity index (χ2v) is 9.50. The largest absolute Gasteiger partial charge is 0.457 e. The van der Waals surface area contributed by atoms with Crippen molar-refractivity contribution in [3.8, 4) is 0 Å². The molecule has 0 aliphatic heterocycles. The fourth-order valence-electron chi connectivity index (χ4n) is 2.90. The van der Waals surface area contributed by atoms with Gasteiger partial charge in [0.15, 0.2) is 0 Å².